The van der Waals surface area contributed by atoms with Crippen molar-refractivity contribution in [1.82, 2.24) is 9.99 Å². The average molecular weight is 621 g/mol. The minimum absolute atomic E-state index is 0.00984. The Morgan fingerprint density at radius 2 is 1.50 bits per heavy atom. The highest BCUT2D eigenvalue weighted by Crippen LogP contribution is 2.34. The molecule has 0 bridgehead atoms. The first-order valence-corrected chi connectivity index (χ1v) is 14.1. The zero-order valence-corrected chi connectivity index (χ0v) is 24.3. The maximum absolute atomic E-state index is 13.0. The fourth-order valence-corrected chi connectivity index (χ4v) is 5.52. The molecule has 6 rings (SSSR count). The molecule has 0 spiro atoms. The van der Waals surface area contributed by atoms with Gasteiger partial charge in [0.15, 0.2) is 16.9 Å². The topological polar surface area (TPSA) is 81.9 Å². The Hall–Kier alpha value is -4.95. The highest BCUT2D eigenvalue weighted by molar-refractivity contribution is 9.10. The molecule has 0 aliphatic heterocycles. The number of carbonyl (C=O) groups excluding carboxylic acids is 1. The molecule has 0 atom stereocenters. The van der Waals surface area contributed by atoms with Crippen molar-refractivity contribution in [2.24, 2.45) is 5.10 Å². The van der Waals surface area contributed by atoms with Gasteiger partial charge in [-0.2, -0.15) is 5.10 Å². The van der Waals surface area contributed by atoms with E-state index in [1.807, 2.05) is 71.3 Å². The molecule has 7 nitrogen and oxygen atoms in total. The molecule has 0 unspecified atom stereocenters. The van der Waals surface area contributed by atoms with Crippen LogP contribution in [0, 0.1) is 0 Å². The fourth-order valence-electron chi connectivity index (χ4n) is 5.10. The second-order valence-corrected chi connectivity index (χ2v) is 10.5. The molecule has 5 aromatic carbocycles. The number of benzene rings is 5. The molecule has 0 saturated heterocycles. The van der Waals surface area contributed by atoms with Crippen molar-refractivity contribution in [1.29, 1.82) is 0 Å². The summed E-state index contributed by atoms with van der Waals surface area (Å²) in [5, 5.41) is 7.60. The number of halogens is 1. The van der Waals surface area contributed by atoms with E-state index in [1.54, 1.807) is 31.5 Å². The molecule has 6 aromatic rings. The van der Waals surface area contributed by atoms with E-state index in [4.69, 9.17) is 9.47 Å². The summed E-state index contributed by atoms with van der Waals surface area (Å²) < 4.78 is 14.3. The highest BCUT2D eigenvalue weighted by atomic mass is 79.9. The lowest BCUT2D eigenvalue weighted by Crippen LogP contribution is -2.25. The molecule has 0 radical (unpaired) electrons. The number of hydrogen-bond donors (Lipinski definition) is 1. The van der Waals surface area contributed by atoms with Crippen molar-refractivity contribution in [3.8, 4) is 11.5 Å². The SMILES string of the molecule is COc1cc(/C=N/NC(=O)Cn2c3ccccc3c(=O)c3ccccc32)c(Br)cc1OCc1cccc2ccccc12. The molecule has 0 aliphatic rings. The van der Waals surface area contributed by atoms with Crippen molar-refractivity contribution in [3.63, 3.8) is 0 Å². The first-order chi connectivity index (χ1) is 20.5. The highest BCUT2D eigenvalue weighted by Gasteiger charge is 2.14. The van der Waals surface area contributed by atoms with Gasteiger partial charge >= 0.3 is 0 Å². The van der Waals surface area contributed by atoms with Gasteiger partial charge in [0.2, 0.25) is 0 Å². The van der Waals surface area contributed by atoms with Gasteiger partial charge in [0.1, 0.15) is 13.2 Å². The molecule has 1 amide bonds. The lowest BCUT2D eigenvalue weighted by molar-refractivity contribution is -0.121. The van der Waals surface area contributed by atoms with Crippen LogP contribution < -0.4 is 20.3 Å². The summed E-state index contributed by atoms with van der Waals surface area (Å²) in [7, 11) is 1.58. The van der Waals surface area contributed by atoms with Crippen LogP contribution in [-0.4, -0.2) is 23.8 Å². The number of rotatable bonds is 8. The summed E-state index contributed by atoms with van der Waals surface area (Å²) in [6, 6.07) is 32.5. The summed E-state index contributed by atoms with van der Waals surface area (Å²) in [5.74, 6) is 0.788. The number of fused-ring (bicyclic) bond motifs is 3. The Morgan fingerprint density at radius 3 is 2.21 bits per heavy atom. The molecule has 1 aromatic heterocycles. The fraction of sp³-hybridized carbons (Fsp3) is 0.0882. The molecule has 8 heteroatoms. The summed E-state index contributed by atoms with van der Waals surface area (Å²) in [5.41, 5.74) is 5.69. The van der Waals surface area contributed by atoms with Gasteiger partial charge in [0.25, 0.3) is 5.91 Å². The normalized spacial score (nSPS) is 11.4. The number of hydrogen-bond acceptors (Lipinski definition) is 5. The van der Waals surface area contributed by atoms with E-state index in [9.17, 15) is 9.59 Å². The Kier molecular flexibility index (Phi) is 7.70. The molecule has 42 heavy (non-hydrogen) atoms. The lowest BCUT2D eigenvalue weighted by atomic mass is 10.1. The number of para-hydroxylation sites is 2. The number of aromatic nitrogens is 1. The molecule has 0 aliphatic carbocycles. The molecule has 1 N–H and O–H groups in total. The quantitative estimate of drug-likeness (QED) is 0.115. The minimum atomic E-state index is -0.330. The van der Waals surface area contributed by atoms with E-state index in [2.05, 4.69) is 44.7 Å². The molecule has 0 fully saturated rings. The number of ether oxygens (including phenoxy) is 2. The van der Waals surface area contributed by atoms with Gasteiger partial charge in [0, 0.05) is 20.8 Å². The largest absolute Gasteiger partial charge is 0.493 e. The zero-order valence-electron chi connectivity index (χ0n) is 22.7. The number of methoxy groups -OCH3 is 1. The van der Waals surface area contributed by atoms with E-state index in [-0.39, 0.29) is 17.9 Å². The van der Waals surface area contributed by atoms with Crippen LogP contribution in [0.2, 0.25) is 0 Å². The van der Waals surface area contributed by atoms with Crippen LogP contribution in [0.4, 0.5) is 0 Å². The summed E-state index contributed by atoms with van der Waals surface area (Å²) in [6.45, 7) is 0.367. The van der Waals surface area contributed by atoms with E-state index in [0.717, 1.165) is 20.8 Å². The van der Waals surface area contributed by atoms with Crippen LogP contribution in [0.3, 0.4) is 0 Å². The predicted molar refractivity (Wildman–Crippen MR) is 170 cm³/mol. The van der Waals surface area contributed by atoms with Crippen LogP contribution in [0.5, 0.6) is 11.5 Å². The lowest BCUT2D eigenvalue weighted by Gasteiger charge is -2.14. The number of amides is 1. The Morgan fingerprint density at radius 1 is 0.857 bits per heavy atom. The van der Waals surface area contributed by atoms with E-state index >= 15 is 0 Å². The van der Waals surface area contributed by atoms with Crippen LogP contribution in [0.15, 0.2) is 117 Å². The smallest absolute Gasteiger partial charge is 0.260 e. The number of nitrogens with one attached hydrogen (secondary N) is 1. The summed E-state index contributed by atoms with van der Waals surface area (Å²) in [6.07, 6.45) is 1.54. The minimum Gasteiger partial charge on any atom is -0.493 e. The Bertz CT molecular complexity index is 1990. The standard InChI is InChI=1S/C34H26BrN3O4/c1-41-31-17-24(28(35)18-32(31)42-21-23-11-8-10-22-9-2-3-12-25(22)23)19-36-37-33(39)20-38-29-15-6-4-13-26(29)34(40)27-14-5-7-16-30(27)38/h2-19H,20-21H2,1H3,(H,37,39)/b36-19+. The number of hydrazone groups is 1. The zero-order chi connectivity index (χ0) is 29.1. The summed E-state index contributed by atoms with van der Waals surface area (Å²) in [4.78, 5) is 25.9. The van der Waals surface area contributed by atoms with E-state index in [0.29, 0.717) is 45.5 Å². The first-order valence-electron chi connectivity index (χ1n) is 13.3. The van der Waals surface area contributed by atoms with Gasteiger partial charge in [-0.1, -0.05) is 66.7 Å². The van der Waals surface area contributed by atoms with Crippen molar-refractivity contribution in [3.05, 3.63) is 129 Å². The van der Waals surface area contributed by atoms with E-state index < -0.39 is 0 Å². The predicted octanol–water partition coefficient (Wildman–Crippen LogP) is 6.81. The molecule has 208 valence electrons. The van der Waals surface area contributed by atoms with Crippen molar-refractivity contribution < 1.29 is 14.3 Å². The van der Waals surface area contributed by atoms with Crippen LogP contribution >= 0.6 is 15.9 Å². The van der Waals surface area contributed by atoms with Gasteiger partial charge < -0.3 is 14.0 Å². The van der Waals surface area contributed by atoms with Gasteiger partial charge in [-0.25, -0.2) is 5.43 Å². The van der Waals surface area contributed by atoms with Gasteiger partial charge in [-0.3, -0.25) is 9.59 Å². The molecule has 0 saturated carbocycles. The third kappa shape index (κ3) is 5.36. The van der Waals surface area contributed by atoms with Crippen LogP contribution in [0.25, 0.3) is 32.6 Å². The maximum Gasteiger partial charge on any atom is 0.260 e. The van der Waals surface area contributed by atoms with E-state index in [1.165, 1.54) is 0 Å². The van der Waals surface area contributed by atoms with Crippen LogP contribution in [-0.2, 0) is 17.9 Å². The van der Waals surface area contributed by atoms with Crippen LogP contribution in [0.1, 0.15) is 11.1 Å². The number of carbonyl (C=O) groups is 1. The third-order valence-corrected chi connectivity index (χ3v) is 7.81. The molecular formula is C34H26BrN3O4. The first kappa shape index (κ1) is 27.2. The Balaban J connectivity index is 1.19. The third-order valence-electron chi connectivity index (χ3n) is 7.12. The van der Waals surface area contributed by atoms with Gasteiger partial charge in [0.05, 0.1) is 24.4 Å². The monoisotopic (exact) mass is 619 g/mol. The Labute approximate surface area is 250 Å². The van der Waals surface area contributed by atoms with Gasteiger partial charge in [-0.05, 0) is 68.7 Å². The second-order valence-electron chi connectivity index (χ2n) is 9.69. The van der Waals surface area contributed by atoms with Crippen molar-refractivity contribution >= 4 is 60.6 Å². The van der Waals surface area contributed by atoms with Crippen molar-refractivity contribution in [2.75, 3.05) is 7.11 Å². The average Bonchev–Trinajstić information content (AvgIpc) is 3.02. The second kappa shape index (κ2) is 11.9. The number of pyridine rings is 1. The van der Waals surface area contributed by atoms with Crippen molar-refractivity contribution in [2.45, 2.75) is 13.2 Å². The molecule has 1 heterocycles. The maximum atomic E-state index is 13.0. The number of nitrogens with zero attached hydrogens (tertiary/aromatic N) is 2. The van der Waals surface area contributed by atoms with Gasteiger partial charge in [-0.15, -0.1) is 0 Å². The summed E-state index contributed by atoms with van der Waals surface area (Å²) >= 11 is 3.59. The molecular weight excluding hydrogens is 594 g/mol.